The van der Waals surface area contributed by atoms with Crippen LogP contribution in [-0.2, 0) is 19.6 Å². The first kappa shape index (κ1) is 23.8. The third kappa shape index (κ3) is 4.67. The summed E-state index contributed by atoms with van der Waals surface area (Å²) in [5.74, 6) is -2.12. The van der Waals surface area contributed by atoms with E-state index in [2.05, 4.69) is 15.1 Å². The van der Waals surface area contributed by atoms with Gasteiger partial charge in [0.05, 0.1) is 11.7 Å². The van der Waals surface area contributed by atoms with E-state index in [0.29, 0.717) is 0 Å². The van der Waals surface area contributed by atoms with Crippen molar-refractivity contribution in [1.82, 2.24) is 24.3 Å². The zero-order chi connectivity index (χ0) is 23.6. The lowest BCUT2D eigenvalue weighted by Crippen LogP contribution is -2.26. The summed E-state index contributed by atoms with van der Waals surface area (Å²) in [6.45, 7) is 4.79. The molecule has 0 fully saturated rings. The molecule has 0 bridgehead atoms. The molecule has 0 spiro atoms. The third-order valence-electron chi connectivity index (χ3n) is 4.45. The first-order chi connectivity index (χ1) is 15.2. The van der Waals surface area contributed by atoms with Gasteiger partial charge in [0.2, 0.25) is 5.88 Å². The molecule has 3 aromatic heterocycles. The van der Waals surface area contributed by atoms with Crippen molar-refractivity contribution in [3.8, 4) is 11.7 Å². The van der Waals surface area contributed by atoms with Gasteiger partial charge in [-0.2, -0.15) is 9.67 Å². The van der Waals surface area contributed by atoms with E-state index >= 15 is 4.39 Å². The molecule has 3 heterocycles. The van der Waals surface area contributed by atoms with Crippen LogP contribution in [0.1, 0.15) is 42.5 Å². The summed E-state index contributed by atoms with van der Waals surface area (Å²) in [5.41, 5.74) is -0.556. The Morgan fingerprint density at radius 2 is 2.06 bits per heavy atom. The van der Waals surface area contributed by atoms with Crippen LogP contribution in [0.15, 0.2) is 23.1 Å². The largest absolute Gasteiger partial charge is 0.474 e. The molecule has 0 aromatic carbocycles. The van der Waals surface area contributed by atoms with Crippen LogP contribution in [0.3, 0.4) is 0 Å². The second-order valence-electron chi connectivity index (χ2n) is 6.99. The van der Waals surface area contributed by atoms with Crippen molar-refractivity contribution >= 4 is 29.0 Å². The lowest BCUT2D eigenvalue weighted by molar-refractivity contribution is 0.0985. The van der Waals surface area contributed by atoms with Gasteiger partial charge in [-0.1, -0.05) is 23.2 Å². The number of aromatic nitrogens is 5. The van der Waals surface area contributed by atoms with Crippen molar-refractivity contribution in [2.75, 3.05) is 0 Å². The van der Waals surface area contributed by atoms with E-state index in [-0.39, 0.29) is 46.0 Å². The molecule has 0 aliphatic heterocycles. The Hall–Kier alpha value is -2.82. The van der Waals surface area contributed by atoms with Crippen LogP contribution in [0.2, 0.25) is 10.2 Å². The normalized spacial score (nSPS) is 11.2. The molecule has 0 aliphatic rings. The van der Waals surface area contributed by atoms with E-state index in [0.717, 1.165) is 10.7 Å². The molecule has 0 amide bonds. The highest BCUT2D eigenvalue weighted by molar-refractivity contribution is 6.35. The van der Waals surface area contributed by atoms with E-state index in [1.807, 2.05) is 0 Å². The molecule has 170 valence electrons. The van der Waals surface area contributed by atoms with Gasteiger partial charge in [0.15, 0.2) is 23.2 Å². The fourth-order valence-corrected chi connectivity index (χ4v) is 3.48. The van der Waals surface area contributed by atoms with Gasteiger partial charge in [-0.3, -0.25) is 9.36 Å². The maximum Gasteiger partial charge on any atom is 0.352 e. The Morgan fingerprint density at radius 3 is 2.62 bits per heavy atom. The lowest BCUT2D eigenvalue weighted by atomic mass is 10.0. The van der Waals surface area contributed by atoms with Crippen LogP contribution >= 0.6 is 23.2 Å². The number of nitrogens with zero attached hydrogens (tertiary/aromatic N) is 5. The van der Waals surface area contributed by atoms with Crippen molar-refractivity contribution < 1.29 is 19.0 Å². The highest BCUT2D eigenvalue weighted by Crippen LogP contribution is 2.27. The third-order valence-corrected chi connectivity index (χ3v) is 5.13. The second-order valence-corrected chi connectivity index (χ2v) is 7.75. The van der Waals surface area contributed by atoms with E-state index in [1.165, 1.54) is 16.8 Å². The average molecular weight is 484 g/mol. The smallest absolute Gasteiger partial charge is 0.352 e. The van der Waals surface area contributed by atoms with Crippen molar-refractivity contribution in [2.24, 2.45) is 0 Å². The summed E-state index contributed by atoms with van der Waals surface area (Å²) >= 11 is 12.2. The van der Waals surface area contributed by atoms with Crippen LogP contribution < -0.4 is 10.4 Å². The molecule has 3 rings (SSSR count). The predicted molar refractivity (Wildman–Crippen MR) is 115 cm³/mol. The number of halogens is 3. The number of ether oxygens (including phenoxy) is 1. The quantitative estimate of drug-likeness (QED) is 0.387. The predicted octanol–water partition coefficient (Wildman–Crippen LogP) is 2.99. The van der Waals surface area contributed by atoms with Crippen molar-refractivity contribution in [3.63, 3.8) is 0 Å². The maximum atomic E-state index is 15.0. The first-order valence-corrected chi connectivity index (χ1v) is 10.4. The molecule has 0 atom stereocenters. The minimum Gasteiger partial charge on any atom is -0.474 e. The molecule has 32 heavy (non-hydrogen) atoms. The number of rotatable bonds is 8. The topological polar surface area (TPSA) is 112 Å². The summed E-state index contributed by atoms with van der Waals surface area (Å²) in [4.78, 5) is 33.6. The average Bonchev–Trinajstić information content (AvgIpc) is 3.06. The first-order valence-electron chi connectivity index (χ1n) is 9.67. The highest BCUT2D eigenvalue weighted by atomic mass is 35.5. The fourth-order valence-electron chi connectivity index (χ4n) is 2.99. The molecule has 12 heteroatoms. The Labute approximate surface area is 192 Å². The van der Waals surface area contributed by atoms with Gasteiger partial charge in [0.1, 0.15) is 11.8 Å². The molecule has 0 radical (unpaired) electrons. The standard InChI is InChI=1S/C20H20Cl2FN5O4/c1-4-27-16(9-29)26-28(20(27)31)18-14(23)7-12(19(25-18)32-10(2)3)15(30)8-11-13(21)5-6-24-17(11)22/h5-7,10,29H,4,8-9H2,1-3H3. The molecule has 3 aromatic rings. The molecular formula is C20H20Cl2FN5O4. The Kier molecular flexibility index (Phi) is 7.27. The number of hydrogen-bond donors (Lipinski definition) is 1. The van der Waals surface area contributed by atoms with Gasteiger partial charge in [0.25, 0.3) is 0 Å². The molecular weight excluding hydrogens is 464 g/mol. The Bertz CT molecular complexity index is 1210. The van der Waals surface area contributed by atoms with Crippen LogP contribution in [0.5, 0.6) is 5.88 Å². The zero-order valence-corrected chi connectivity index (χ0v) is 19.0. The number of hydrogen-bond acceptors (Lipinski definition) is 7. The van der Waals surface area contributed by atoms with Crippen LogP contribution in [0, 0.1) is 5.82 Å². The molecule has 0 aliphatic carbocycles. The van der Waals surface area contributed by atoms with Crippen molar-refractivity contribution in [1.29, 1.82) is 0 Å². The summed E-state index contributed by atoms with van der Waals surface area (Å²) in [7, 11) is 0. The zero-order valence-electron chi connectivity index (χ0n) is 17.5. The van der Waals surface area contributed by atoms with Gasteiger partial charge < -0.3 is 9.84 Å². The SMILES string of the molecule is CCn1c(CO)nn(-c2nc(OC(C)C)c(C(=O)Cc3c(Cl)ccnc3Cl)cc2F)c1=O. The summed E-state index contributed by atoms with van der Waals surface area (Å²) in [6, 6.07) is 2.41. The van der Waals surface area contributed by atoms with Crippen molar-refractivity contribution in [3.05, 3.63) is 61.8 Å². The molecule has 9 nitrogen and oxygen atoms in total. The van der Waals surface area contributed by atoms with Gasteiger partial charge >= 0.3 is 5.69 Å². The van der Waals surface area contributed by atoms with E-state index in [1.54, 1.807) is 20.8 Å². The molecule has 0 saturated carbocycles. The number of aliphatic hydroxyl groups excluding tert-OH is 1. The number of ketones is 1. The summed E-state index contributed by atoms with van der Waals surface area (Å²) in [6.07, 6.45) is 0.728. The number of carbonyl (C=O) groups is 1. The monoisotopic (exact) mass is 483 g/mol. The minimum absolute atomic E-state index is 0.0473. The minimum atomic E-state index is -0.972. The van der Waals surface area contributed by atoms with E-state index < -0.39 is 35.8 Å². The van der Waals surface area contributed by atoms with Crippen molar-refractivity contribution in [2.45, 2.75) is 46.4 Å². The molecule has 0 unspecified atom stereocenters. The number of pyridine rings is 2. The van der Waals surface area contributed by atoms with Gasteiger partial charge in [-0.05, 0) is 32.9 Å². The Morgan fingerprint density at radius 1 is 1.34 bits per heavy atom. The fraction of sp³-hybridized carbons (Fsp3) is 0.350. The second kappa shape index (κ2) is 9.76. The van der Waals surface area contributed by atoms with Crippen LogP contribution in [-0.4, -0.2) is 41.3 Å². The molecule has 0 saturated heterocycles. The van der Waals surface area contributed by atoms with Gasteiger partial charge in [0, 0.05) is 29.7 Å². The van der Waals surface area contributed by atoms with E-state index in [9.17, 15) is 14.7 Å². The lowest BCUT2D eigenvalue weighted by Gasteiger charge is -2.15. The van der Waals surface area contributed by atoms with Crippen LogP contribution in [0.4, 0.5) is 4.39 Å². The van der Waals surface area contributed by atoms with Crippen LogP contribution in [0.25, 0.3) is 5.82 Å². The number of aliphatic hydroxyl groups is 1. The number of Topliss-reactive ketones (excluding diaryl/α,β-unsaturated/α-hetero) is 1. The summed E-state index contributed by atoms with van der Waals surface area (Å²) in [5, 5.41) is 13.7. The highest BCUT2D eigenvalue weighted by Gasteiger charge is 2.25. The Balaban J connectivity index is 2.11. The van der Waals surface area contributed by atoms with Gasteiger partial charge in [-0.15, -0.1) is 5.10 Å². The molecule has 1 N–H and O–H groups in total. The summed E-state index contributed by atoms with van der Waals surface area (Å²) < 4.78 is 22.6. The van der Waals surface area contributed by atoms with Gasteiger partial charge in [-0.25, -0.2) is 14.2 Å². The maximum absolute atomic E-state index is 15.0. The van der Waals surface area contributed by atoms with E-state index in [4.69, 9.17) is 27.9 Å². The number of carbonyl (C=O) groups excluding carboxylic acids is 1.